The first-order chi connectivity index (χ1) is 12.0. The average molecular weight is 415 g/mol. The van der Waals surface area contributed by atoms with Crippen LogP contribution in [0.1, 0.15) is 12.0 Å². The molecule has 0 radical (unpaired) electrons. The molecule has 0 unspecified atom stereocenters. The van der Waals surface area contributed by atoms with Crippen LogP contribution >= 0.6 is 11.6 Å². The molecule has 0 spiro atoms. The maximum atomic E-state index is 12.7. The number of anilines is 1. The quantitative estimate of drug-likeness (QED) is 0.627. The van der Waals surface area contributed by atoms with Crippen LogP contribution in [0, 0.1) is 0 Å². The van der Waals surface area contributed by atoms with E-state index in [9.17, 15) is 30.4 Å². The minimum absolute atomic E-state index is 0.0845. The molecule has 0 aliphatic rings. The van der Waals surface area contributed by atoms with Gasteiger partial charge in [0, 0.05) is 22.7 Å². The molecule has 0 saturated heterocycles. The molecule has 26 heavy (non-hydrogen) atoms. The highest BCUT2D eigenvalue weighted by atomic mass is 35.5. The number of sulfonamides is 1. The molecule has 1 aromatic carbocycles. The Bertz CT molecular complexity index is 1070. The molecule has 0 fully saturated rings. The molecule has 0 aliphatic heterocycles. The normalized spacial score (nSPS) is 12.9. The standard InChI is InChI=1S/C13H8ClF5N4O2S/c14-11-9(4-21-23(11)13(17,18)19)22-26(24,25)10-5-20-8-3-6(12(15)16)1-2-7(8)10/h1-5,12,20,22H. The Balaban J connectivity index is 1.99. The fraction of sp³-hybridized carbons (Fsp3) is 0.154. The number of rotatable bonds is 4. The van der Waals surface area contributed by atoms with Crippen LogP contribution in [-0.2, 0) is 16.3 Å². The number of H-pyrrole nitrogens is 1. The minimum Gasteiger partial charge on any atom is -0.360 e. The largest absolute Gasteiger partial charge is 0.505 e. The van der Waals surface area contributed by atoms with Gasteiger partial charge in [-0.1, -0.05) is 23.7 Å². The molecule has 3 rings (SSSR count). The fourth-order valence-electron chi connectivity index (χ4n) is 2.25. The highest BCUT2D eigenvalue weighted by Gasteiger charge is 2.35. The lowest BCUT2D eigenvalue weighted by Crippen LogP contribution is -2.18. The van der Waals surface area contributed by atoms with Crippen LogP contribution in [0.15, 0.2) is 35.5 Å². The van der Waals surface area contributed by atoms with E-state index >= 15 is 0 Å². The van der Waals surface area contributed by atoms with Gasteiger partial charge in [0.1, 0.15) is 10.6 Å². The number of hydrogen-bond donors (Lipinski definition) is 2. The molecular weight excluding hydrogens is 407 g/mol. The van der Waals surface area contributed by atoms with Crippen molar-refractivity contribution in [1.29, 1.82) is 0 Å². The van der Waals surface area contributed by atoms with Crippen molar-refractivity contribution in [3.8, 4) is 0 Å². The lowest BCUT2D eigenvalue weighted by Gasteiger charge is -2.08. The van der Waals surface area contributed by atoms with E-state index in [1.165, 1.54) is 6.07 Å². The smallest absolute Gasteiger partial charge is 0.360 e. The molecule has 0 bridgehead atoms. The van der Waals surface area contributed by atoms with E-state index in [1.54, 1.807) is 0 Å². The predicted octanol–water partition coefficient (Wildman–Crippen LogP) is 4.23. The van der Waals surface area contributed by atoms with Crippen molar-refractivity contribution in [2.24, 2.45) is 0 Å². The van der Waals surface area contributed by atoms with Gasteiger partial charge in [0.25, 0.3) is 16.4 Å². The van der Waals surface area contributed by atoms with Gasteiger partial charge in [-0.2, -0.15) is 9.78 Å². The van der Waals surface area contributed by atoms with Crippen LogP contribution in [0.2, 0.25) is 5.15 Å². The van der Waals surface area contributed by atoms with Gasteiger partial charge in [-0.05, 0) is 6.07 Å². The topological polar surface area (TPSA) is 79.8 Å². The number of hydrogen-bond acceptors (Lipinski definition) is 3. The molecule has 3 aromatic rings. The summed E-state index contributed by atoms with van der Waals surface area (Å²) in [5.41, 5.74) is -0.770. The van der Waals surface area contributed by atoms with E-state index in [1.807, 2.05) is 4.72 Å². The first-order valence-electron chi connectivity index (χ1n) is 6.73. The Hall–Kier alpha value is -2.34. The Morgan fingerprint density at radius 3 is 2.54 bits per heavy atom. The van der Waals surface area contributed by atoms with Gasteiger partial charge in [-0.25, -0.2) is 17.2 Å². The first-order valence-corrected chi connectivity index (χ1v) is 8.59. The average Bonchev–Trinajstić information content (AvgIpc) is 3.10. The van der Waals surface area contributed by atoms with Crippen molar-refractivity contribution in [2.75, 3.05) is 4.72 Å². The summed E-state index contributed by atoms with van der Waals surface area (Å²) in [5.74, 6) is 0. The first kappa shape index (κ1) is 18.5. The second-order valence-corrected chi connectivity index (χ2v) is 7.10. The molecule has 0 aliphatic carbocycles. The summed E-state index contributed by atoms with van der Waals surface area (Å²) in [4.78, 5) is 2.19. The van der Waals surface area contributed by atoms with Crippen molar-refractivity contribution in [3.63, 3.8) is 0 Å². The molecule has 2 heterocycles. The zero-order chi connectivity index (χ0) is 19.3. The van der Waals surface area contributed by atoms with E-state index in [0.717, 1.165) is 18.3 Å². The SMILES string of the molecule is O=S(=O)(Nc1cnn(C(F)(F)F)c1Cl)c1c[nH]c2cc(C(F)F)ccc12. The van der Waals surface area contributed by atoms with Crippen LogP contribution in [0.4, 0.5) is 27.6 Å². The Kier molecular flexibility index (Phi) is 4.35. The van der Waals surface area contributed by atoms with Crippen molar-refractivity contribution in [2.45, 2.75) is 17.6 Å². The minimum atomic E-state index is -4.92. The van der Waals surface area contributed by atoms with Crippen LogP contribution in [0.5, 0.6) is 0 Å². The summed E-state index contributed by atoms with van der Waals surface area (Å²) in [6.07, 6.45) is -6.03. The molecule has 0 saturated carbocycles. The zero-order valence-corrected chi connectivity index (χ0v) is 13.9. The van der Waals surface area contributed by atoms with Gasteiger partial charge in [-0.3, -0.25) is 4.72 Å². The number of nitrogens with one attached hydrogen (secondary N) is 2. The molecule has 0 atom stereocenters. The molecular formula is C13H8ClF5N4O2S. The molecule has 140 valence electrons. The van der Waals surface area contributed by atoms with Gasteiger partial charge in [-0.15, -0.1) is 13.2 Å². The van der Waals surface area contributed by atoms with Crippen molar-refractivity contribution < 1.29 is 30.4 Å². The number of fused-ring (bicyclic) bond motifs is 1. The van der Waals surface area contributed by atoms with Crippen molar-refractivity contribution in [3.05, 3.63) is 41.3 Å². The number of aromatic nitrogens is 3. The Morgan fingerprint density at radius 2 is 1.96 bits per heavy atom. The van der Waals surface area contributed by atoms with E-state index in [4.69, 9.17) is 11.6 Å². The van der Waals surface area contributed by atoms with Gasteiger partial charge in [0.15, 0.2) is 5.15 Å². The van der Waals surface area contributed by atoms with Gasteiger partial charge in [0.2, 0.25) is 0 Å². The second-order valence-electron chi connectivity index (χ2n) is 5.09. The zero-order valence-electron chi connectivity index (χ0n) is 12.4. The molecule has 2 N–H and O–H groups in total. The Morgan fingerprint density at radius 1 is 1.27 bits per heavy atom. The van der Waals surface area contributed by atoms with Crippen LogP contribution < -0.4 is 4.72 Å². The maximum Gasteiger partial charge on any atom is 0.505 e. The van der Waals surface area contributed by atoms with Crippen molar-refractivity contribution >= 4 is 38.2 Å². The summed E-state index contributed by atoms with van der Waals surface area (Å²) in [6, 6.07) is 3.30. The van der Waals surface area contributed by atoms with E-state index < -0.39 is 38.3 Å². The maximum absolute atomic E-state index is 12.7. The van der Waals surface area contributed by atoms with Crippen LogP contribution in [-0.4, -0.2) is 23.2 Å². The predicted molar refractivity (Wildman–Crippen MR) is 82.6 cm³/mol. The fourth-order valence-corrected chi connectivity index (χ4v) is 3.78. The number of alkyl halides is 5. The third-order valence-electron chi connectivity index (χ3n) is 3.40. The summed E-state index contributed by atoms with van der Waals surface area (Å²) < 4.78 is 89.7. The van der Waals surface area contributed by atoms with E-state index in [2.05, 4.69) is 10.1 Å². The molecule has 0 amide bonds. The van der Waals surface area contributed by atoms with Crippen molar-refractivity contribution in [1.82, 2.24) is 14.8 Å². The highest BCUT2D eigenvalue weighted by Crippen LogP contribution is 2.33. The summed E-state index contributed by atoms with van der Waals surface area (Å²) in [7, 11) is -4.36. The van der Waals surface area contributed by atoms with Gasteiger partial charge < -0.3 is 4.98 Å². The van der Waals surface area contributed by atoms with Gasteiger partial charge >= 0.3 is 6.30 Å². The summed E-state index contributed by atoms with van der Waals surface area (Å²) >= 11 is 5.51. The number of benzene rings is 1. The summed E-state index contributed by atoms with van der Waals surface area (Å²) in [5, 5.41) is 2.10. The molecule has 6 nitrogen and oxygen atoms in total. The third kappa shape index (κ3) is 3.21. The van der Waals surface area contributed by atoms with Gasteiger partial charge in [0.05, 0.1) is 6.20 Å². The second kappa shape index (κ2) is 6.13. The lowest BCUT2D eigenvalue weighted by molar-refractivity contribution is -0.212. The van der Waals surface area contributed by atoms with Crippen LogP contribution in [0.25, 0.3) is 10.9 Å². The van der Waals surface area contributed by atoms with E-state index in [0.29, 0.717) is 6.20 Å². The molecule has 2 aromatic heterocycles. The van der Waals surface area contributed by atoms with Crippen LogP contribution in [0.3, 0.4) is 0 Å². The number of nitrogens with zero attached hydrogens (tertiary/aromatic N) is 2. The highest BCUT2D eigenvalue weighted by molar-refractivity contribution is 7.93. The number of aromatic amines is 1. The summed E-state index contributed by atoms with van der Waals surface area (Å²) in [6.45, 7) is 0. The Labute approximate surface area is 147 Å². The monoisotopic (exact) mass is 414 g/mol. The van der Waals surface area contributed by atoms with E-state index in [-0.39, 0.29) is 21.4 Å². The molecule has 13 heteroatoms. The third-order valence-corrected chi connectivity index (χ3v) is 5.17. The number of halogens is 6. The lowest BCUT2D eigenvalue weighted by atomic mass is 10.2.